The first-order valence-corrected chi connectivity index (χ1v) is 7.39. The molecule has 106 valence electrons. The second-order valence-corrected chi connectivity index (χ2v) is 5.86. The highest BCUT2D eigenvalue weighted by Crippen LogP contribution is 2.31. The highest BCUT2D eigenvalue weighted by atomic mass is 14.6. The van der Waals surface area contributed by atoms with Crippen molar-refractivity contribution in [3.63, 3.8) is 0 Å². The summed E-state index contributed by atoms with van der Waals surface area (Å²) in [6, 6.07) is 19.2. The fourth-order valence-corrected chi connectivity index (χ4v) is 3.36. The fraction of sp³-hybridized carbons (Fsp3) is 0.200. The molecule has 0 spiro atoms. The highest BCUT2D eigenvalue weighted by molar-refractivity contribution is 5.86. The first kappa shape index (κ1) is 13.8. The molecule has 0 aliphatic rings. The Labute approximate surface area is 126 Å². The maximum atomic E-state index is 6.63. The third kappa shape index (κ3) is 2.45. The molecule has 0 aliphatic heterocycles. The monoisotopic (exact) mass is 275 g/mol. The van der Waals surface area contributed by atoms with Gasteiger partial charge in [0.15, 0.2) is 0 Å². The van der Waals surface area contributed by atoms with Gasteiger partial charge in [0, 0.05) is 0 Å². The minimum atomic E-state index is -0.0864. The molecular formula is C20H21N. The molecule has 0 heterocycles. The van der Waals surface area contributed by atoms with Gasteiger partial charge in [-0.05, 0) is 53.8 Å². The van der Waals surface area contributed by atoms with Crippen LogP contribution in [-0.4, -0.2) is 0 Å². The molecule has 3 aromatic carbocycles. The van der Waals surface area contributed by atoms with Crippen LogP contribution in [-0.2, 0) is 0 Å². The normalized spacial score (nSPS) is 12.6. The van der Waals surface area contributed by atoms with E-state index in [2.05, 4.69) is 75.4 Å². The molecule has 1 atom stereocenters. The molecule has 1 heteroatoms. The average Bonchev–Trinajstić information content (AvgIpc) is 2.45. The summed E-state index contributed by atoms with van der Waals surface area (Å²) >= 11 is 0. The minimum Gasteiger partial charge on any atom is -0.320 e. The molecule has 0 saturated heterocycles. The van der Waals surface area contributed by atoms with Gasteiger partial charge >= 0.3 is 0 Å². The molecule has 0 amide bonds. The molecular weight excluding hydrogens is 254 g/mol. The number of aryl methyl sites for hydroxylation is 3. The molecule has 0 fully saturated rings. The number of hydrogen-bond acceptors (Lipinski definition) is 1. The molecule has 0 bridgehead atoms. The summed E-state index contributed by atoms with van der Waals surface area (Å²) in [5.74, 6) is 0. The van der Waals surface area contributed by atoms with Crippen LogP contribution in [0.4, 0.5) is 0 Å². The summed E-state index contributed by atoms with van der Waals surface area (Å²) in [5.41, 5.74) is 12.9. The van der Waals surface area contributed by atoms with E-state index >= 15 is 0 Å². The molecule has 1 unspecified atom stereocenters. The maximum Gasteiger partial charge on any atom is 0.0563 e. The first-order chi connectivity index (χ1) is 10.1. The van der Waals surface area contributed by atoms with Crippen LogP contribution in [0.25, 0.3) is 10.8 Å². The van der Waals surface area contributed by atoms with Crippen LogP contribution < -0.4 is 5.73 Å². The lowest BCUT2D eigenvalue weighted by Gasteiger charge is -2.20. The van der Waals surface area contributed by atoms with Gasteiger partial charge in [-0.15, -0.1) is 0 Å². The first-order valence-electron chi connectivity index (χ1n) is 7.39. The Kier molecular flexibility index (Phi) is 3.52. The van der Waals surface area contributed by atoms with E-state index in [9.17, 15) is 0 Å². The lowest BCUT2D eigenvalue weighted by atomic mass is 9.88. The van der Waals surface area contributed by atoms with Gasteiger partial charge in [0.1, 0.15) is 0 Å². The molecule has 21 heavy (non-hydrogen) atoms. The van der Waals surface area contributed by atoms with Crippen molar-refractivity contribution in [3.05, 3.63) is 82.4 Å². The Balaban J connectivity index is 2.20. The van der Waals surface area contributed by atoms with Crippen LogP contribution in [0.1, 0.15) is 33.9 Å². The van der Waals surface area contributed by atoms with Crippen LogP contribution >= 0.6 is 0 Å². The lowest BCUT2D eigenvalue weighted by Crippen LogP contribution is -2.15. The van der Waals surface area contributed by atoms with E-state index in [1.807, 2.05) is 0 Å². The SMILES string of the molecule is Cc1cc(C)c(C(N)c2cccc3ccccc23)c(C)c1. The lowest BCUT2D eigenvalue weighted by molar-refractivity contribution is 0.858. The maximum absolute atomic E-state index is 6.63. The second-order valence-electron chi connectivity index (χ2n) is 5.86. The average molecular weight is 275 g/mol. The van der Waals surface area contributed by atoms with Crippen molar-refractivity contribution < 1.29 is 0 Å². The zero-order valence-corrected chi connectivity index (χ0v) is 12.9. The van der Waals surface area contributed by atoms with E-state index in [1.165, 1.54) is 38.6 Å². The molecule has 0 radical (unpaired) electrons. The largest absolute Gasteiger partial charge is 0.320 e. The van der Waals surface area contributed by atoms with Gasteiger partial charge < -0.3 is 5.73 Å². The van der Waals surface area contributed by atoms with Gasteiger partial charge in [-0.3, -0.25) is 0 Å². The van der Waals surface area contributed by atoms with Crippen LogP contribution in [0.3, 0.4) is 0 Å². The van der Waals surface area contributed by atoms with Crippen molar-refractivity contribution >= 4 is 10.8 Å². The molecule has 0 saturated carbocycles. The van der Waals surface area contributed by atoms with Crippen LogP contribution in [0.15, 0.2) is 54.6 Å². The van der Waals surface area contributed by atoms with E-state index in [1.54, 1.807) is 0 Å². The summed E-state index contributed by atoms with van der Waals surface area (Å²) in [5, 5.41) is 2.49. The summed E-state index contributed by atoms with van der Waals surface area (Å²) < 4.78 is 0. The van der Waals surface area contributed by atoms with Crippen LogP contribution in [0.2, 0.25) is 0 Å². The van der Waals surface area contributed by atoms with Crippen molar-refractivity contribution in [2.45, 2.75) is 26.8 Å². The standard InChI is InChI=1S/C20H21N/c1-13-11-14(2)19(15(3)12-13)20(21)18-10-6-8-16-7-4-5-9-17(16)18/h4-12,20H,21H2,1-3H3. The van der Waals surface area contributed by atoms with Crippen LogP contribution in [0.5, 0.6) is 0 Å². The topological polar surface area (TPSA) is 26.0 Å². The summed E-state index contributed by atoms with van der Waals surface area (Å²) in [4.78, 5) is 0. The third-order valence-electron chi connectivity index (χ3n) is 4.21. The Morgan fingerprint density at radius 1 is 0.810 bits per heavy atom. The Hall–Kier alpha value is -2.12. The molecule has 0 aromatic heterocycles. The Morgan fingerprint density at radius 3 is 2.14 bits per heavy atom. The highest BCUT2D eigenvalue weighted by Gasteiger charge is 2.16. The summed E-state index contributed by atoms with van der Waals surface area (Å²) in [7, 11) is 0. The van der Waals surface area contributed by atoms with Gasteiger partial charge in [-0.1, -0.05) is 60.2 Å². The molecule has 2 N–H and O–H groups in total. The number of nitrogens with two attached hydrogens (primary N) is 1. The van der Waals surface area contributed by atoms with Crippen molar-refractivity contribution in [2.24, 2.45) is 5.73 Å². The van der Waals surface area contributed by atoms with E-state index in [0.29, 0.717) is 0 Å². The third-order valence-corrected chi connectivity index (χ3v) is 4.21. The Bertz CT molecular complexity index is 774. The molecule has 1 nitrogen and oxygen atoms in total. The Morgan fingerprint density at radius 2 is 1.43 bits per heavy atom. The van der Waals surface area contributed by atoms with E-state index in [-0.39, 0.29) is 6.04 Å². The van der Waals surface area contributed by atoms with Gasteiger partial charge in [-0.2, -0.15) is 0 Å². The van der Waals surface area contributed by atoms with Crippen molar-refractivity contribution in [3.8, 4) is 0 Å². The van der Waals surface area contributed by atoms with Gasteiger partial charge in [-0.25, -0.2) is 0 Å². The van der Waals surface area contributed by atoms with Crippen molar-refractivity contribution in [2.75, 3.05) is 0 Å². The molecule has 3 rings (SSSR count). The predicted molar refractivity (Wildman–Crippen MR) is 90.6 cm³/mol. The van der Waals surface area contributed by atoms with E-state index < -0.39 is 0 Å². The van der Waals surface area contributed by atoms with Gasteiger partial charge in [0.25, 0.3) is 0 Å². The zero-order chi connectivity index (χ0) is 15.0. The summed E-state index contributed by atoms with van der Waals surface area (Å²) in [6.45, 7) is 6.44. The van der Waals surface area contributed by atoms with Crippen molar-refractivity contribution in [1.29, 1.82) is 0 Å². The molecule has 3 aromatic rings. The van der Waals surface area contributed by atoms with Crippen LogP contribution in [0, 0.1) is 20.8 Å². The zero-order valence-electron chi connectivity index (χ0n) is 12.9. The minimum absolute atomic E-state index is 0.0864. The second kappa shape index (κ2) is 5.34. The fourth-order valence-electron chi connectivity index (χ4n) is 3.36. The number of benzene rings is 3. The quantitative estimate of drug-likeness (QED) is 0.713. The predicted octanol–water partition coefficient (Wildman–Crippen LogP) is 4.81. The van der Waals surface area contributed by atoms with Crippen molar-refractivity contribution in [1.82, 2.24) is 0 Å². The van der Waals surface area contributed by atoms with Gasteiger partial charge in [0.05, 0.1) is 6.04 Å². The van der Waals surface area contributed by atoms with E-state index in [0.717, 1.165) is 0 Å². The summed E-state index contributed by atoms with van der Waals surface area (Å²) in [6.07, 6.45) is 0. The van der Waals surface area contributed by atoms with E-state index in [4.69, 9.17) is 5.73 Å². The van der Waals surface area contributed by atoms with Gasteiger partial charge in [0.2, 0.25) is 0 Å². The number of rotatable bonds is 2. The smallest absolute Gasteiger partial charge is 0.0563 e. The number of fused-ring (bicyclic) bond motifs is 1. The number of hydrogen-bond donors (Lipinski definition) is 1. The molecule has 0 aliphatic carbocycles.